The summed E-state index contributed by atoms with van der Waals surface area (Å²) in [6.45, 7) is 6.86. The minimum atomic E-state index is 0.0885. The van der Waals surface area contributed by atoms with Gasteiger partial charge in [-0.3, -0.25) is 4.48 Å². The van der Waals surface area contributed by atoms with Crippen LogP contribution in [0.15, 0.2) is 78.3 Å². The molecule has 0 N–H and O–H groups in total. The Labute approximate surface area is 179 Å². The van der Waals surface area contributed by atoms with Crippen LogP contribution in [0, 0.1) is 6.92 Å². The number of nitrogens with zero attached hydrogens (tertiary/aromatic N) is 3. The molecule has 0 saturated heterocycles. The molecule has 3 nitrogen and oxygen atoms in total. The van der Waals surface area contributed by atoms with Gasteiger partial charge in [0.2, 0.25) is 5.82 Å². The number of hydrogen-bond donors (Lipinski definition) is 0. The topological polar surface area (TPSA) is 12.1 Å². The summed E-state index contributed by atoms with van der Waals surface area (Å²) >= 11 is 0. The number of rotatable bonds is 1. The van der Waals surface area contributed by atoms with Crippen LogP contribution in [0.1, 0.15) is 25.2 Å². The van der Waals surface area contributed by atoms with Crippen molar-refractivity contribution in [2.45, 2.75) is 20.8 Å². The molecule has 0 saturated carbocycles. The Hall–Kier alpha value is -3.27. The van der Waals surface area contributed by atoms with Gasteiger partial charge in [0, 0.05) is 18.2 Å². The first kappa shape index (κ1) is 18.7. The highest BCUT2D eigenvalue weighted by Gasteiger charge is 2.40. The molecule has 1 aliphatic rings. The third-order valence-electron chi connectivity index (χ3n) is 6.83. The van der Waals surface area contributed by atoms with Gasteiger partial charge in [-0.05, 0) is 61.3 Å². The Bertz CT molecular complexity index is 1320. The highest BCUT2D eigenvalue weighted by Crippen LogP contribution is 2.39. The lowest BCUT2D eigenvalue weighted by atomic mass is 9.61. The maximum absolute atomic E-state index is 2.48. The molecule has 0 unspecified atom stereocenters. The number of imidazole rings is 1. The second-order valence-corrected chi connectivity index (χ2v) is 8.32. The predicted molar refractivity (Wildman–Crippen MR) is 128 cm³/mol. The van der Waals surface area contributed by atoms with Crippen molar-refractivity contribution in [1.29, 1.82) is 0 Å². The van der Waals surface area contributed by atoms with E-state index >= 15 is 0 Å². The lowest BCUT2D eigenvalue weighted by Crippen LogP contribution is -2.63. The van der Waals surface area contributed by atoms with Gasteiger partial charge in [-0.2, -0.15) is 0 Å². The summed E-state index contributed by atoms with van der Waals surface area (Å²) in [6, 6.07) is 26.3. The normalized spacial score (nSPS) is 16.3. The molecule has 2 heterocycles. The van der Waals surface area contributed by atoms with Crippen molar-refractivity contribution in [2.75, 3.05) is 11.9 Å². The lowest BCUT2D eigenvalue weighted by molar-refractivity contribution is -0.516. The van der Waals surface area contributed by atoms with Gasteiger partial charge in [-0.25, -0.2) is 4.57 Å². The molecule has 4 heteroatoms. The average Bonchev–Trinajstić information content (AvgIpc) is 3.03. The van der Waals surface area contributed by atoms with Gasteiger partial charge >= 0.3 is 6.98 Å². The van der Waals surface area contributed by atoms with Crippen LogP contribution < -0.4 is 9.29 Å². The van der Waals surface area contributed by atoms with E-state index in [4.69, 9.17) is 0 Å². The van der Waals surface area contributed by atoms with E-state index in [0.717, 1.165) is 0 Å². The monoisotopic (exact) mass is 392 g/mol. The fraction of sp³-hybridized carbons (Fsp3) is 0.192. The van der Waals surface area contributed by atoms with Crippen LogP contribution in [0.4, 0.5) is 5.69 Å². The fourth-order valence-electron chi connectivity index (χ4n) is 5.02. The molecule has 1 aliphatic heterocycles. The largest absolute Gasteiger partial charge is 0.533 e. The summed E-state index contributed by atoms with van der Waals surface area (Å²) in [6.07, 6.45) is 0. The van der Waals surface area contributed by atoms with Gasteiger partial charge < -0.3 is 4.81 Å². The molecule has 0 fully saturated rings. The molecule has 0 atom stereocenters. The molecule has 3 aromatic carbocycles. The standard InChI is InChI=1S/C26H27BN3/c1-18-19(2)27(30-20(3)28(4)25-16-10-11-17-26(25)30)29(5)24-15-9-8-14-23(24)22-13-7-6-12-21(18)22/h6-17H,1-5H3/q+1/b19-18-. The summed E-state index contributed by atoms with van der Waals surface area (Å²) in [4.78, 5) is 2.43. The smallest absolute Gasteiger partial charge is 0.373 e. The first-order chi connectivity index (χ1) is 14.5. The fourth-order valence-corrected chi connectivity index (χ4v) is 5.02. The van der Waals surface area contributed by atoms with Crippen LogP contribution >= 0.6 is 0 Å². The van der Waals surface area contributed by atoms with E-state index in [1.54, 1.807) is 0 Å². The molecule has 0 amide bonds. The molecule has 1 aromatic heterocycles. The van der Waals surface area contributed by atoms with Crippen molar-refractivity contribution in [3.05, 3.63) is 89.7 Å². The van der Waals surface area contributed by atoms with Crippen LogP contribution in [0.25, 0.3) is 27.7 Å². The molecule has 0 bridgehead atoms. The van der Waals surface area contributed by atoms with Crippen LogP contribution in [0.2, 0.25) is 0 Å². The Balaban J connectivity index is 1.89. The van der Waals surface area contributed by atoms with Gasteiger partial charge in [0.1, 0.15) is 0 Å². The van der Waals surface area contributed by atoms with Crippen LogP contribution in [0.5, 0.6) is 0 Å². The minimum Gasteiger partial charge on any atom is -0.373 e. The zero-order valence-electron chi connectivity index (χ0n) is 18.3. The van der Waals surface area contributed by atoms with Gasteiger partial charge in [0.25, 0.3) is 0 Å². The molecule has 4 aromatic rings. The van der Waals surface area contributed by atoms with E-state index in [1.807, 2.05) is 0 Å². The second-order valence-electron chi connectivity index (χ2n) is 8.32. The minimum absolute atomic E-state index is 0.0885. The summed E-state index contributed by atoms with van der Waals surface area (Å²) in [5.41, 5.74) is 10.4. The number of anilines is 1. The maximum Gasteiger partial charge on any atom is 0.533 e. The molecule has 0 radical (unpaired) electrons. The van der Waals surface area contributed by atoms with Crippen molar-refractivity contribution in [3.8, 4) is 11.1 Å². The first-order valence-corrected chi connectivity index (χ1v) is 10.5. The third-order valence-corrected chi connectivity index (χ3v) is 6.83. The number of aryl methyl sites for hydroxylation is 1. The van der Waals surface area contributed by atoms with E-state index in [0.29, 0.717) is 0 Å². The third kappa shape index (κ3) is 2.56. The van der Waals surface area contributed by atoms with Crippen molar-refractivity contribution < 1.29 is 4.48 Å². The molecular weight excluding hydrogens is 365 g/mol. The zero-order chi connectivity index (χ0) is 21.0. The number of aromatic nitrogens is 2. The summed E-state index contributed by atoms with van der Waals surface area (Å²) in [5, 5.41) is 0. The van der Waals surface area contributed by atoms with E-state index < -0.39 is 0 Å². The predicted octanol–water partition coefficient (Wildman–Crippen LogP) is 5.26. The quantitative estimate of drug-likeness (QED) is 0.403. The highest BCUT2D eigenvalue weighted by atomic mass is 15.2. The molecule has 30 heavy (non-hydrogen) atoms. The Morgan fingerprint density at radius 2 is 1.30 bits per heavy atom. The Kier molecular flexibility index (Phi) is 4.32. The van der Waals surface area contributed by atoms with Crippen molar-refractivity contribution in [3.63, 3.8) is 0 Å². The van der Waals surface area contributed by atoms with E-state index in [9.17, 15) is 0 Å². The van der Waals surface area contributed by atoms with Crippen molar-refractivity contribution in [2.24, 2.45) is 7.05 Å². The van der Waals surface area contributed by atoms with Gasteiger partial charge in [0.15, 0.2) is 11.0 Å². The molecule has 0 aliphatic carbocycles. The van der Waals surface area contributed by atoms with Crippen molar-refractivity contribution >= 4 is 29.3 Å². The van der Waals surface area contributed by atoms with E-state index in [2.05, 4.69) is 122 Å². The van der Waals surface area contributed by atoms with Crippen LogP contribution in [-0.4, -0.2) is 18.6 Å². The summed E-state index contributed by atoms with van der Waals surface area (Å²) in [7, 11) is 4.38. The molecular formula is C26H27BN3+. The summed E-state index contributed by atoms with van der Waals surface area (Å²) < 4.78 is 4.78. The zero-order valence-corrected chi connectivity index (χ0v) is 18.3. The number of benzene rings is 3. The van der Waals surface area contributed by atoms with Crippen LogP contribution in [0.3, 0.4) is 0 Å². The van der Waals surface area contributed by atoms with Gasteiger partial charge in [-0.1, -0.05) is 54.6 Å². The summed E-state index contributed by atoms with van der Waals surface area (Å²) in [5.74, 6) is 1.24. The number of fused-ring (bicyclic) bond motifs is 4. The Morgan fingerprint density at radius 1 is 0.700 bits per heavy atom. The SMILES string of the molecule is C/C1=C(\C)c2ccccc2-c2ccccc2N(C)B1[n+]1c(C)n(C)c2ccccc21. The Morgan fingerprint density at radius 3 is 2.07 bits per heavy atom. The highest BCUT2D eigenvalue weighted by molar-refractivity contribution is 6.64. The van der Waals surface area contributed by atoms with Gasteiger partial charge in [-0.15, -0.1) is 0 Å². The number of allylic oxidation sites excluding steroid dienone is 2. The number of para-hydroxylation sites is 3. The van der Waals surface area contributed by atoms with Crippen LogP contribution in [-0.2, 0) is 7.05 Å². The van der Waals surface area contributed by atoms with E-state index in [-0.39, 0.29) is 6.98 Å². The second kappa shape index (κ2) is 6.91. The van der Waals surface area contributed by atoms with Gasteiger partial charge in [0.05, 0.1) is 7.05 Å². The maximum atomic E-state index is 2.48. The van der Waals surface area contributed by atoms with E-state index in [1.165, 1.54) is 50.3 Å². The number of hydrogen-bond acceptors (Lipinski definition) is 1. The molecule has 148 valence electrons. The molecule has 5 rings (SSSR count). The average molecular weight is 392 g/mol. The first-order valence-electron chi connectivity index (χ1n) is 10.5. The van der Waals surface area contributed by atoms with Crippen molar-refractivity contribution in [1.82, 2.24) is 4.57 Å². The molecule has 0 spiro atoms. The lowest BCUT2D eigenvalue weighted by Gasteiger charge is -2.31.